The third kappa shape index (κ3) is 3.37. The van der Waals surface area contributed by atoms with Crippen LogP contribution < -0.4 is 5.56 Å². The van der Waals surface area contributed by atoms with Crippen LogP contribution in [0.2, 0.25) is 0 Å². The molecule has 156 valence electrons. The van der Waals surface area contributed by atoms with Crippen molar-refractivity contribution in [3.8, 4) is 0 Å². The third-order valence-corrected chi connectivity index (χ3v) is 7.71. The Morgan fingerprint density at radius 3 is 2.52 bits per heavy atom. The van der Waals surface area contributed by atoms with Gasteiger partial charge < -0.3 is 9.80 Å². The second-order valence-corrected chi connectivity index (χ2v) is 9.24. The van der Waals surface area contributed by atoms with Crippen LogP contribution in [0.1, 0.15) is 29.6 Å². The highest BCUT2D eigenvalue weighted by atomic mass is 16.2. The van der Waals surface area contributed by atoms with Crippen LogP contribution in [-0.2, 0) is 4.79 Å². The highest BCUT2D eigenvalue weighted by Crippen LogP contribution is 2.69. The summed E-state index contributed by atoms with van der Waals surface area (Å²) in [4.78, 5) is 42.7. The standard InChI is InChI=1S/C21H29N5O3/c1-24(20(28)15-11-16(27)23-22-12-15)4-5-25-6-8-26(9-7-25)21(29)19-17-13-2-3-14(10-13)18(17)19/h11-14,17-19H,2-10H2,1H3,(H,23,27)/t13-,14+,17+,18-,19?. The van der Waals surface area contributed by atoms with Crippen LogP contribution in [0.25, 0.3) is 0 Å². The number of hydrogen-bond donors (Lipinski definition) is 1. The zero-order valence-corrected chi connectivity index (χ0v) is 16.9. The Kier molecular flexibility index (Phi) is 4.69. The molecule has 5 rings (SSSR count). The minimum absolute atomic E-state index is 0.202. The number of fused-ring (bicyclic) bond motifs is 5. The van der Waals surface area contributed by atoms with Crippen LogP contribution in [0.15, 0.2) is 17.1 Å². The fraction of sp³-hybridized carbons (Fsp3) is 0.714. The number of nitrogens with zero attached hydrogens (tertiary/aromatic N) is 4. The van der Waals surface area contributed by atoms with Crippen molar-refractivity contribution >= 4 is 11.8 Å². The van der Waals surface area contributed by atoms with Crippen molar-refractivity contribution < 1.29 is 9.59 Å². The van der Waals surface area contributed by atoms with E-state index in [0.717, 1.165) is 44.6 Å². The molecule has 1 aromatic heterocycles. The number of aromatic nitrogens is 2. The number of aromatic amines is 1. The molecule has 1 aromatic rings. The number of nitrogens with one attached hydrogen (secondary N) is 1. The van der Waals surface area contributed by atoms with E-state index in [1.807, 2.05) is 0 Å². The van der Waals surface area contributed by atoms with Crippen molar-refractivity contribution in [3.05, 3.63) is 28.2 Å². The summed E-state index contributed by atoms with van der Waals surface area (Å²) in [5, 5.41) is 5.96. The van der Waals surface area contributed by atoms with E-state index in [-0.39, 0.29) is 11.5 Å². The first-order valence-electron chi connectivity index (χ1n) is 10.8. The van der Waals surface area contributed by atoms with Crippen LogP contribution in [-0.4, -0.2) is 83.0 Å². The fourth-order valence-corrected chi connectivity index (χ4v) is 6.16. The molecule has 3 saturated carbocycles. The van der Waals surface area contributed by atoms with Gasteiger partial charge in [-0.25, -0.2) is 5.10 Å². The van der Waals surface area contributed by atoms with Crippen molar-refractivity contribution in [2.24, 2.45) is 29.6 Å². The lowest BCUT2D eigenvalue weighted by molar-refractivity contribution is -0.135. The molecule has 1 aliphatic heterocycles. The average Bonchev–Trinajstić information content (AvgIpc) is 3.17. The van der Waals surface area contributed by atoms with Gasteiger partial charge in [0, 0.05) is 58.3 Å². The molecule has 1 unspecified atom stereocenters. The smallest absolute Gasteiger partial charge is 0.264 e. The Labute approximate surface area is 170 Å². The SMILES string of the molecule is CN(CCN1CCN(C(=O)C2[C@@H]3[C@H]4CC[C@H](C4)[C@H]23)CC1)C(=O)c1cn[nH]c(=O)c1. The van der Waals surface area contributed by atoms with Gasteiger partial charge in [-0.05, 0) is 42.9 Å². The Bertz CT molecular complexity index is 846. The molecule has 3 aliphatic carbocycles. The van der Waals surface area contributed by atoms with Gasteiger partial charge in [-0.15, -0.1) is 0 Å². The molecule has 2 bridgehead atoms. The van der Waals surface area contributed by atoms with Gasteiger partial charge in [-0.2, -0.15) is 5.10 Å². The number of carbonyl (C=O) groups excluding carboxylic acids is 2. The molecule has 1 saturated heterocycles. The van der Waals surface area contributed by atoms with Crippen LogP contribution in [0.4, 0.5) is 0 Å². The summed E-state index contributed by atoms with van der Waals surface area (Å²) < 4.78 is 0. The molecule has 8 nitrogen and oxygen atoms in total. The highest BCUT2D eigenvalue weighted by molar-refractivity contribution is 5.93. The normalized spacial score (nSPS) is 32.9. The quantitative estimate of drug-likeness (QED) is 0.768. The van der Waals surface area contributed by atoms with Crippen LogP contribution in [0.5, 0.6) is 0 Å². The van der Waals surface area contributed by atoms with Crippen molar-refractivity contribution in [3.63, 3.8) is 0 Å². The minimum Gasteiger partial charge on any atom is -0.340 e. The average molecular weight is 399 g/mol. The Morgan fingerprint density at radius 1 is 1.17 bits per heavy atom. The Hall–Kier alpha value is -2.22. The first-order valence-corrected chi connectivity index (χ1v) is 10.8. The summed E-state index contributed by atoms with van der Waals surface area (Å²) in [6.45, 7) is 4.64. The van der Waals surface area contributed by atoms with Crippen LogP contribution in [0.3, 0.4) is 0 Å². The highest BCUT2D eigenvalue weighted by Gasteiger charge is 2.67. The molecule has 29 heavy (non-hydrogen) atoms. The fourth-order valence-electron chi connectivity index (χ4n) is 6.16. The molecule has 4 fully saturated rings. The summed E-state index contributed by atoms with van der Waals surface area (Å²) in [5.41, 5.74) is -0.0755. The molecule has 5 atom stereocenters. The molecule has 4 aliphatic rings. The second kappa shape index (κ2) is 7.23. The van der Waals surface area contributed by atoms with E-state index in [1.165, 1.54) is 31.5 Å². The maximum atomic E-state index is 13.0. The molecule has 0 aromatic carbocycles. The number of rotatable bonds is 5. The summed E-state index contributed by atoms with van der Waals surface area (Å²) >= 11 is 0. The van der Waals surface area contributed by atoms with Crippen molar-refractivity contribution in [1.29, 1.82) is 0 Å². The predicted molar refractivity (Wildman–Crippen MR) is 106 cm³/mol. The summed E-state index contributed by atoms with van der Waals surface area (Å²) in [7, 11) is 1.74. The molecule has 1 N–H and O–H groups in total. The van der Waals surface area contributed by atoms with Gasteiger partial charge in [0.25, 0.3) is 11.5 Å². The molecule has 0 radical (unpaired) electrons. The van der Waals surface area contributed by atoms with Crippen molar-refractivity contribution in [1.82, 2.24) is 24.9 Å². The molecular formula is C21H29N5O3. The number of amides is 2. The number of H-pyrrole nitrogens is 1. The van der Waals surface area contributed by atoms with E-state index in [0.29, 0.717) is 35.8 Å². The zero-order valence-electron chi connectivity index (χ0n) is 16.9. The van der Waals surface area contributed by atoms with E-state index in [4.69, 9.17) is 0 Å². The molecule has 2 heterocycles. The van der Waals surface area contributed by atoms with Gasteiger partial charge in [0.05, 0.1) is 11.8 Å². The summed E-state index contributed by atoms with van der Waals surface area (Å²) in [5.74, 6) is 3.63. The summed E-state index contributed by atoms with van der Waals surface area (Å²) in [6, 6.07) is 1.27. The molecular weight excluding hydrogens is 370 g/mol. The zero-order chi connectivity index (χ0) is 20.1. The maximum Gasteiger partial charge on any atom is 0.264 e. The number of piperazine rings is 1. The van der Waals surface area contributed by atoms with Crippen LogP contribution in [0, 0.1) is 29.6 Å². The van der Waals surface area contributed by atoms with Crippen LogP contribution >= 0.6 is 0 Å². The van der Waals surface area contributed by atoms with Gasteiger partial charge in [0.15, 0.2) is 0 Å². The first kappa shape index (κ1) is 18.8. The topological polar surface area (TPSA) is 89.6 Å². The molecule has 0 spiro atoms. The second-order valence-electron chi connectivity index (χ2n) is 9.24. The Balaban J connectivity index is 1.07. The number of hydrogen-bond acceptors (Lipinski definition) is 5. The van der Waals surface area contributed by atoms with Crippen molar-refractivity contribution in [2.45, 2.75) is 19.3 Å². The molecule has 2 amide bonds. The monoisotopic (exact) mass is 399 g/mol. The van der Waals surface area contributed by atoms with Gasteiger partial charge in [-0.1, -0.05) is 0 Å². The minimum atomic E-state index is -0.377. The van der Waals surface area contributed by atoms with Gasteiger partial charge >= 0.3 is 0 Å². The van der Waals surface area contributed by atoms with E-state index < -0.39 is 0 Å². The third-order valence-electron chi connectivity index (χ3n) is 7.71. The van der Waals surface area contributed by atoms with Gasteiger partial charge in [0.2, 0.25) is 5.91 Å². The van der Waals surface area contributed by atoms with Gasteiger partial charge in [-0.3, -0.25) is 19.3 Å². The van der Waals surface area contributed by atoms with E-state index in [9.17, 15) is 14.4 Å². The first-order chi connectivity index (χ1) is 14.0. The predicted octanol–water partition coefficient (Wildman–Crippen LogP) is 0.278. The lowest BCUT2D eigenvalue weighted by atomic mass is 10.0. The van der Waals surface area contributed by atoms with Crippen molar-refractivity contribution in [2.75, 3.05) is 46.3 Å². The maximum absolute atomic E-state index is 13.0. The van der Waals surface area contributed by atoms with E-state index in [2.05, 4.69) is 20.0 Å². The largest absolute Gasteiger partial charge is 0.340 e. The summed E-state index contributed by atoms with van der Waals surface area (Å²) in [6.07, 6.45) is 5.46. The Morgan fingerprint density at radius 2 is 1.86 bits per heavy atom. The lowest BCUT2D eigenvalue weighted by Gasteiger charge is -2.36. The lowest BCUT2D eigenvalue weighted by Crippen LogP contribution is -2.51. The number of likely N-dealkylation sites (N-methyl/N-ethyl adjacent to an activating group) is 1. The number of carbonyl (C=O) groups is 2. The molecule has 8 heteroatoms. The van der Waals surface area contributed by atoms with E-state index in [1.54, 1.807) is 11.9 Å². The van der Waals surface area contributed by atoms with Gasteiger partial charge in [0.1, 0.15) is 0 Å². The van der Waals surface area contributed by atoms with E-state index >= 15 is 0 Å².